The molecule has 1 fully saturated rings. The van der Waals surface area contributed by atoms with Gasteiger partial charge in [-0.2, -0.15) is 0 Å². The molecule has 4 N–H and O–H groups in total. The first kappa shape index (κ1) is 19.1. The zero-order valence-corrected chi connectivity index (χ0v) is 12.3. The molecule has 1 aliphatic rings. The Balaban J connectivity index is 0.000000567. The van der Waals surface area contributed by atoms with Crippen molar-refractivity contribution in [2.75, 3.05) is 26.2 Å². The maximum absolute atomic E-state index is 11.7. The van der Waals surface area contributed by atoms with Crippen LogP contribution < -0.4 is 5.32 Å². The summed E-state index contributed by atoms with van der Waals surface area (Å²) < 4.78 is 5.26. The average Bonchev–Trinajstić information content (AvgIpc) is 2.37. The molecule has 0 aromatic carbocycles. The van der Waals surface area contributed by atoms with Crippen molar-refractivity contribution in [3.63, 3.8) is 0 Å². The second kappa shape index (κ2) is 8.42. The third-order valence-electron chi connectivity index (χ3n) is 2.37. The van der Waals surface area contributed by atoms with Crippen LogP contribution in [0.1, 0.15) is 20.8 Å². The van der Waals surface area contributed by atoms with E-state index in [1.165, 1.54) is 0 Å². The summed E-state index contributed by atoms with van der Waals surface area (Å²) in [5.74, 6) is -3.65. The first-order valence-corrected chi connectivity index (χ1v) is 6.36. The van der Waals surface area contributed by atoms with Gasteiger partial charge in [0.1, 0.15) is 5.60 Å². The Morgan fingerprint density at radius 2 is 1.76 bits per heavy atom. The van der Waals surface area contributed by atoms with Crippen LogP contribution in [0.2, 0.25) is 0 Å². The van der Waals surface area contributed by atoms with Gasteiger partial charge in [-0.15, -0.1) is 0 Å². The van der Waals surface area contributed by atoms with Gasteiger partial charge in [-0.3, -0.25) is 0 Å². The topological polar surface area (TPSA) is 136 Å². The van der Waals surface area contributed by atoms with Crippen molar-refractivity contribution in [3.05, 3.63) is 0 Å². The van der Waals surface area contributed by atoms with Gasteiger partial charge in [0.2, 0.25) is 0 Å². The highest BCUT2D eigenvalue weighted by Gasteiger charge is 2.29. The summed E-state index contributed by atoms with van der Waals surface area (Å²) in [4.78, 5) is 31.5. The largest absolute Gasteiger partial charge is 0.473 e. The van der Waals surface area contributed by atoms with Crippen LogP contribution in [0, 0.1) is 0 Å². The van der Waals surface area contributed by atoms with Gasteiger partial charge in [0, 0.05) is 19.6 Å². The van der Waals surface area contributed by atoms with Crippen molar-refractivity contribution >= 4 is 18.0 Å². The lowest BCUT2D eigenvalue weighted by atomic mass is 10.2. The molecule has 1 aliphatic heterocycles. The molecule has 0 radical (unpaired) electrons. The molecule has 9 heteroatoms. The van der Waals surface area contributed by atoms with Crippen molar-refractivity contribution in [1.82, 2.24) is 10.2 Å². The van der Waals surface area contributed by atoms with Crippen molar-refractivity contribution in [2.24, 2.45) is 0 Å². The summed E-state index contributed by atoms with van der Waals surface area (Å²) in [5, 5.41) is 27.0. The zero-order valence-electron chi connectivity index (χ0n) is 12.3. The predicted molar refractivity (Wildman–Crippen MR) is 72.0 cm³/mol. The minimum Gasteiger partial charge on any atom is -0.473 e. The molecule has 0 saturated carbocycles. The van der Waals surface area contributed by atoms with Crippen LogP contribution >= 0.6 is 0 Å². The van der Waals surface area contributed by atoms with E-state index in [1.54, 1.807) is 4.90 Å². The first-order chi connectivity index (χ1) is 9.58. The number of aliphatic hydroxyl groups is 1. The molecule has 1 heterocycles. The molecule has 0 aliphatic carbocycles. The maximum atomic E-state index is 11.7. The Bertz CT molecular complexity index is 366. The van der Waals surface area contributed by atoms with E-state index < -0.39 is 17.5 Å². The van der Waals surface area contributed by atoms with Crippen LogP contribution in [-0.2, 0) is 14.3 Å². The Kier molecular flexibility index (Phi) is 7.67. The molecule has 21 heavy (non-hydrogen) atoms. The van der Waals surface area contributed by atoms with Gasteiger partial charge in [0.25, 0.3) is 0 Å². The molecule has 1 saturated heterocycles. The van der Waals surface area contributed by atoms with Crippen molar-refractivity contribution in [3.8, 4) is 0 Å². The number of ether oxygens (including phenoxy) is 1. The lowest BCUT2D eigenvalue weighted by Crippen LogP contribution is -2.56. The molecule has 122 valence electrons. The van der Waals surface area contributed by atoms with E-state index in [1.807, 2.05) is 20.8 Å². The number of aliphatic hydroxyl groups excluding tert-OH is 1. The molecule has 1 unspecified atom stereocenters. The Morgan fingerprint density at radius 3 is 2.14 bits per heavy atom. The van der Waals surface area contributed by atoms with Crippen LogP contribution in [-0.4, -0.2) is 76.1 Å². The minimum atomic E-state index is -1.82. The number of nitrogens with zero attached hydrogens (tertiary/aromatic N) is 1. The van der Waals surface area contributed by atoms with E-state index in [9.17, 15) is 4.79 Å². The smallest absolute Gasteiger partial charge is 0.414 e. The predicted octanol–water partition coefficient (Wildman–Crippen LogP) is -0.657. The van der Waals surface area contributed by atoms with E-state index in [2.05, 4.69) is 5.32 Å². The van der Waals surface area contributed by atoms with Gasteiger partial charge >= 0.3 is 18.0 Å². The van der Waals surface area contributed by atoms with Gasteiger partial charge in [-0.25, -0.2) is 14.4 Å². The zero-order chi connectivity index (χ0) is 16.6. The highest BCUT2D eigenvalue weighted by Crippen LogP contribution is 2.12. The molecule has 1 amide bonds. The fourth-order valence-electron chi connectivity index (χ4n) is 1.48. The molecule has 0 spiro atoms. The molecule has 0 aromatic heterocycles. The Labute approximate surface area is 122 Å². The highest BCUT2D eigenvalue weighted by molar-refractivity contribution is 6.27. The monoisotopic (exact) mass is 306 g/mol. The summed E-state index contributed by atoms with van der Waals surface area (Å²) in [6.45, 7) is 7.42. The molecular weight excluding hydrogens is 284 g/mol. The number of nitrogens with one attached hydrogen (secondary N) is 1. The van der Waals surface area contributed by atoms with E-state index in [-0.39, 0.29) is 18.7 Å². The summed E-state index contributed by atoms with van der Waals surface area (Å²) in [5.41, 5.74) is -0.484. The Hall–Kier alpha value is -1.87. The van der Waals surface area contributed by atoms with E-state index in [0.29, 0.717) is 13.1 Å². The standard InChI is InChI=1S/C10H20N2O3.C2H2O4/c1-10(2,3)15-9(14)12-5-4-11-6-8(12)7-13;3-1(4)2(5)6/h8,11,13H,4-7H2,1-3H3;(H,3,4)(H,5,6). The fraction of sp³-hybridized carbons (Fsp3) is 0.750. The highest BCUT2D eigenvalue weighted by atomic mass is 16.6. The maximum Gasteiger partial charge on any atom is 0.414 e. The van der Waals surface area contributed by atoms with E-state index >= 15 is 0 Å². The van der Waals surface area contributed by atoms with Crippen molar-refractivity contribution < 1.29 is 34.4 Å². The Morgan fingerprint density at radius 1 is 1.24 bits per heavy atom. The molecule has 1 rings (SSSR count). The number of carbonyl (C=O) groups is 3. The number of rotatable bonds is 1. The number of hydrogen-bond acceptors (Lipinski definition) is 6. The summed E-state index contributed by atoms with van der Waals surface area (Å²) in [7, 11) is 0. The lowest BCUT2D eigenvalue weighted by Gasteiger charge is -2.36. The van der Waals surface area contributed by atoms with E-state index in [0.717, 1.165) is 6.54 Å². The van der Waals surface area contributed by atoms with Gasteiger partial charge in [-0.1, -0.05) is 0 Å². The van der Waals surface area contributed by atoms with Crippen LogP contribution in [0.5, 0.6) is 0 Å². The molecule has 1 atom stereocenters. The number of carboxylic acids is 2. The molecule has 0 aromatic rings. The summed E-state index contributed by atoms with van der Waals surface area (Å²) in [6, 6.07) is -0.173. The second-order valence-electron chi connectivity index (χ2n) is 5.32. The third kappa shape index (κ3) is 8.10. The van der Waals surface area contributed by atoms with Crippen LogP contribution in [0.15, 0.2) is 0 Å². The molecule has 0 bridgehead atoms. The normalized spacial score (nSPS) is 18.3. The number of amides is 1. The number of aliphatic carboxylic acids is 2. The number of carbonyl (C=O) groups excluding carboxylic acids is 1. The van der Waals surface area contributed by atoms with Gasteiger partial charge in [-0.05, 0) is 20.8 Å². The van der Waals surface area contributed by atoms with Crippen LogP contribution in [0.25, 0.3) is 0 Å². The number of piperazine rings is 1. The second-order valence-corrected chi connectivity index (χ2v) is 5.32. The van der Waals surface area contributed by atoms with Gasteiger partial charge in [0.05, 0.1) is 12.6 Å². The van der Waals surface area contributed by atoms with Gasteiger partial charge in [0.15, 0.2) is 0 Å². The molecular formula is C12H22N2O7. The van der Waals surface area contributed by atoms with Gasteiger partial charge < -0.3 is 30.3 Å². The third-order valence-corrected chi connectivity index (χ3v) is 2.37. The minimum absolute atomic E-state index is 0.0355. The quantitative estimate of drug-likeness (QED) is 0.469. The first-order valence-electron chi connectivity index (χ1n) is 6.36. The molecule has 9 nitrogen and oxygen atoms in total. The van der Waals surface area contributed by atoms with Crippen LogP contribution in [0.3, 0.4) is 0 Å². The fourth-order valence-corrected chi connectivity index (χ4v) is 1.48. The SMILES string of the molecule is CC(C)(C)OC(=O)N1CCNCC1CO.O=C(O)C(=O)O. The van der Waals surface area contributed by atoms with Crippen molar-refractivity contribution in [1.29, 1.82) is 0 Å². The number of carboxylic acid groups (broad SMARTS) is 2. The summed E-state index contributed by atoms with van der Waals surface area (Å²) >= 11 is 0. The average molecular weight is 306 g/mol. The van der Waals surface area contributed by atoms with E-state index in [4.69, 9.17) is 29.6 Å². The van der Waals surface area contributed by atoms with Crippen LogP contribution in [0.4, 0.5) is 4.79 Å². The summed E-state index contributed by atoms with van der Waals surface area (Å²) in [6.07, 6.45) is -0.344. The number of hydrogen-bond donors (Lipinski definition) is 4. The lowest BCUT2D eigenvalue weighted by molar-refractivity contribution is -0.159. The van der Waals surface area contributed by atoms with Crippen molar-refractivity contribution in [2.45, 2.75) is 32.4 Å².